The first kappa shape index (κ1) is 9.98. The standard InChI is InChI=1S/C11H14N2O2/c1-13-5-4-8-2-3-9(6-10(8)13)12-11(15)7-14/h2-3,6,14H,4-5,7H2,1H3,(H,12,15). The van der Waals surface area contributed by atoms with Crippen LogP contribution in [0.1, 0.15) is 5.56 Å². The number of nitrogens with one attached hydrogen (secondary N) is 1. The molecular weight excluding hydrogens is 192 g/mol. The van der Waals surface area contributed by atoms with Crippen molar-refractivity contribution in [2.75, 3.05) is 30.4 Å². The van der Waals surface area contributed by atoms with Gasteiger partial charge in [-0.3, -0.25) is 4.79 Å². The second kappa shape index (κ2) is 3.90. The molecule has 1 heterocycles. The van der Waals surface area contributed by atoms with E-state index in [1.54, 1.807) is 0 Å². The Bertz CT molecular complexity index is 390. The van der Waals surface area contributed by atoms with Gasteiger partial charge in [0.05, 0.1) is 0 Å². The summed E-state index contributed by atoms with van der Waals surface area (Å²) < 4.78 is 0. The molecule has 0 bridgehead atoms. The summed E-state index contributed by atoms with van der Waals surface area (Å²) in [4.78, 5) is 13.1. The average molecular weight is 206 g/mol. The van der Waals surface area contributed by atoms with Crippen LogP contribution in [0.4, 0.5) is 11.4 Å². The summed E-state index contributed by atoms with van der Waals surface area (Å²) in [5, 5.41) is 11.2. The van der Waals surface area contributed by atoms with Crippen molar-refractivity contribution in [2.45, 2.75) is 6.42 Å². The van der Waals surface area contributed by atoms with Crippen molar-refractivity contribution >= 4 is 17.3 Å². The molecule has 1 amide bonds. The van der Waals surface area contributed by atoms with Crippen LogP contribution >= 0.6 is 0 Å². The molecule has 2 rings (SSSR count). The quantitative estimate of drug-likeness (QED) is 0.745. The molecular formula is C11H14N2O2. The molecule has 15 heavy (non-hydrogen) atoms. The molecule has 2 N–H and O–H groups in total. The fourth-order valence-corrected chi connectivity index (χ4v) is 1.82. The normalized spacial score (nSPS) is 13.9. The Balaban J connectivity index is 2.21. The zero-order valence-corrected chi connectivity index (χ0v) is 8.66. The summed E-state index contributed by atoms with van der Waals surface area (Å²) in [6.07, 6.45) is 1.06. The van der Waals surface area contributed by atoms with Crippen LogP contribution in [0.3, 0.4) is 0 Å². The van der Waals surface area contributed by atoms with Gasteiger partial charge < -0.3 is 15.3 Å². The summed E-state index contributed by atoms with van der Waals surface area (Å²) >= 11 is 0. The number of aliphatic hydroxyl groups is 1. The minimum absolute atomic E-state index is 0.379. The minimum Gasteiger partial charge on any atom is -0.387 e. The molecule has 0 aliphatic carbocycles. The third-order valence-corrected chi connectivity index (χ3v) is 2.64. The van der Waals surface area contributed by atoms with Crippen molar-refractivity contribution in [1.29, 1.82) is 0 Å². The van der Waals surface area contributed by atoms with Crippen LogP contribution in [0, 0.1) is 0 Å². The van der Waals surface area contributed by atoms with Crippen LogP contribution in [0.2, 0.25) is 0 Å². The van der Waals surface area contributed by atoms with E-state index >= 15 is 0 Å². The topological polar surface area (TPSA) is 52.6 Å². The van der Waals surface area contributed by atoms with E-state index < -0.39 is 6.61 Å². The fraction of sp³-hybridized carbons (Fsp3) is 0.364. The summed E-state index contributed by atoms with van der Waals surface area (Å²) in [6, 6.07) is 5.83. The average Bonchev–Trinajstić information content (AvgIpc) is 2.60. The lowest BCUT2D eigenvalue weighted by Crippen LogP contribution is -2.16. The van der Waals surface area contributed by atoms with Crippen molar-refractivity contribution in [3.05, 3.63) is 23.8 Å². The van der Waals surface area contributed by atoms with E-state index in [4.69, 9.17) is 5.11 Å². The van der Waals surface area contributed by atoms with Gasteiger partial charge in [0.25, 0.3) is 0 Å². The third kappa shape index (κ3) is 1.94. The van der Waals surface area contributed by atoms with Gasteiger partial charge in [-0.25, -0.2) is 0 Å². The second-order valence-electron chi connectivity index (χ2n) is 3.72. The molecule has 0 fully saturated rings. The first-order chi connectivity index (χ1) is 7.20. The van der Waals surface area contributed by atoms with Crippen LogP contribution < -0.4 is 10.2 Å². The van der Waals surface area contributed by atoms with Gasteiger partial charge in [0.2, 0.25) is 5.91 Å². The lowest BCUT2D eigenvalue weighted by molar-refractivity contribution is -0.118. The predicted octanol–water partition coefficient (Wildman–Crippen LogP) is 0.610. The van der Waals surface area contributed by atoms with Crippen LogP contribution in [0.15, 0.2) is 18.2 Å². The van der Waals surface area contributed by atoms with Gasteiger partial charge >= 0.3 is 0 Å². The molecule has 0 saturated carbocycles. The van der Waals surface area contributed by atoms with Crippen molar-refractivity contribution in [1.82, 2.24) is 0 Å². The summed E-state index contributed by atoms with van der Waals surface area (Å²) in [7, 11) is 2.03. The van der Waals surface area contributed by atoms with Gasteiger partial charge in [0, 0.05) is 25.0 Å². The van der Waals surface area contributed by atoms with Gasteiger partial charge in [0.15, 0.2) is 0 Å². The van der Waals surface area contributed by atoms with Crippen LogP contribution in [-0.2, 0) is 11.2 Å². The molecule has 1 aliphatic heterocycles. The number of likely N-dealkylation sites (N-methyl/N-ethyl adjacent to an activating group) is 1. The molecule has 0 spiro atoms. The lowest BCUT2D eigenvalue weighted by atomic mass is 10.1. The number of aliphatic hydroxyl groups excluding tert-OH is 1. The predicted molar refractivity (Wildman–Crippen MR) is 59.1 cm³/mol. The van der Waals surface area contributed by atoms with E-state index in [1.807, 2.05) is 25.2 Å². The number of rotatable bonds is 2. The number of hydrogen-bond acceptors (Lipinski definition) is 3. The number of nitrogens with zero attached hydrogens (tertiary/aromatic N) is 1. The molecule has 1 aromatic carbocycles. The fourth-order valence-electron chi connectivity index (χ4n) is 1.82. The Morgan fingerprint density at radius 2 is 2.40 bits per heavy atom. The number of carbonyl (C=O) groups is 1. The van der Waals surface area contributed by atoms with Gasteiger partial charge in [0.1, 0.15) is 6.61 Å². The minimum atomic E-state index is -0.479. The van der Waals surface area contributed by atoms with Crippen LogP contribution in [0.5, 0.6) is 0 Å². The van der Waals surface area contributed by atoms with E-state index in [0.717, 1.165) is 24.3 Å². The van der Waals surface area contributed by atoms with Gasteiger partial charge in [-0.1, -0.05) is 6.07 Å². The maximum Gasteiger partial charge on any atom is 0.250 e. The highest BCUT2D eigenvalue weighted by Crippen LogP contribution is 2.29. The van der Waals surface area contributed by atoms with E-state index in [-0.39, 0.29) is 5.91 Å². The number of hydrogen-bond donors (Lipinski definition) is 2. The number of benzene rings is 1. The number of anilines is 2. The monoisotopic (exact) mass is 206 g/mol. The first-order valence-electron chi connectivity index (χ1n) is 4.95. The molecule has 1 aliphatic rings. The van der Waals surface area contributed by atoms with E-state index in [0.29, 0.717) is 0 Å². The number of fused-ring (bicyclic) bond motifs is 1. The smallest absolute Gasteiger partial charge is 0.250 e. The van der Waals surface area contributed by atoms with Gasteiger partial charge in [-0.05, 0) is 24.1 Å². The van der Waals surface area contributed by atoms with Crippen molar-refractivity contribution in [3.63, 3.8) is 0 Å². The van der Waals surface area contributed by atoms with Crippen molar-refractivity contribution in [3.8, 4) is 0 Å². The number of amides is 1. The maximum atomic E-state index is 11.0. The first-order valence-corrected chi connectivity index (χ1v) is 4.95. The van der Waals surface area contributed by atoms with E-state index in [1.165, 1.54) is 5.56 Å². The van der Waals surface area contributed by atoms with E-state index in [2.05, 4.69) is 10.2 Å². The highest BCUT2D eigenvalue weighted by molar-refractivity contribution is 5.92. The Labute approximate surface area is 88.5 Å². The molecule has 80 valence electrons. The van der Waals surface area contributed by atoms with Gasteiger partial charge in [-0.2, -0.15) is 0 Å². The van der Waals surface area contributed by atoms with Gasteiger partial charge in [-0.15, -0.1) is 0 Å². The number of carbonyl (C=O) groups excluding carboxylic acids is 1. The molecule has 4 nitrogen and oxygen atoms in total. The molecule has 1 aromatic rings. The molecule has 0 aromatic heterocycles. The Hall–Kier alpha value is -1.55. The Kier molecular flexibility index (Phi) is 2.60. The summed E-state index contributed by atoms with van der Waals surface area (Å²) in [6.45, 7) is 0.541. The van der Waals surface area contributed by atoms with Crippen molar-refractivity contribution < 1.29 is 9.90 Å². The molecule has 0 radical (unpaired) electrons. The van der Waals surface area contributed by atoms with Crippen LogP contribution in [0.25, 0.3) is 0 Å². The van der Waals surface area contributed by atoms with Crippen molar-refractivity contribution in [2.24, 2.45) is 0 Å². The Morgan fingerprint density at radius 1 is 1.60 bits per heavy atom. The molecule has 0 atom stereocenters. The summed E-state index contributed by atoms with van der Waals surface area (Å²) in [5.41, 5.74) is 3.20. The lowest BCUT2D eigenvalue weighted by Gasteiger charge is -2.13. The largest absolute Gasteiger partial charge is 0.387 e. The third-order valence-electron chi connectivity index (χ3n) is 2.64. The highest BCUT2D eigenvalue weighted by atomic mass is 16.3. The summed E-state index contributed by atoms with van der Waals surface area (Å²) in [5.74, 6) is -0.379. The highest BCUT2D eigenvalue weighted by Gasteiger charge is 2.15. The molecule has 0 saturated heterocycles. The van der Waals surface area contributed by atoms with E-state index in [9.17, 15) is 4.79 Å². The second-order valence-corrected chi connectivity index (χ2v) is 3.72. The maximum absolute atomic E-state index is 11.0. The molecule has 4 heteroatoms. The van der Waals surface area contributed by atoms with Crippen LogP contribution in [-0.4, -0.2) is 31.2 Å². The SMILES string of the molecule is CN1CCc2ccc(NC(=O)CO)cc21. The Morgan fingerprint density at radius 3 is 3.13 bits per heavy atom. The zero-order chi connectivity index (χ0) is 10.8. The molecule has 0 unspecified atom stereocenters. The zero-order valence-electron chi connectivity index (χ0n) is 8.66.